The number of hydrogen-bond acceptors (Lipinski definition) is 5. The topological polar surface area (TPSA) is 66.5 Å². The number of nitrogens with one attached hydrogen (secondary N) is 1. The Morgan fingerprint density at radius 1 is 1.16 bits per heavy atom. The zero-order valence-corrected chi connectivity index (χ0v) is 15.7. The number of carbonyl (C=O) groups is 1. The lowest BCUT2D eigenvalue weighted by Crippen LogP contribution is -2.42. The average molecular weight is 393 g/mol. The van der Waals surface area contributed by atoms with Crippen LogP contribution in [0.1, 0.15) is 12.8 Å². The van der Waals surface area contributed by atoms with Gasteiger partial charge in [0.1, 0.15) is 10.3 Å². The summed E-state index contributed by atoms with van der Waals surface area (Å²) in [6.07, 6.45) is 1.23. The fourth-order valence-corrected chi connectivity index (χ4v) is 6.63. The van der Waals surface area contributed by atoms with Gasteiger partial charge in [-0.3, -0.25) is 4.79 Å². The summed E-state index contributed by atoms with van der Waals surface area (Å²) >= 11 is 2.82. The first kappa shape index (κ1) is 16.7. The SMILES string of the molecule is O=C(Nc1ccc2sccc2c1)[C@H]1CCCN1S(=O)(=O)c1cccs1. The number of thiophene rings is 2. The molecule has 0 aliphatic carbocycles. The van der Waals surface area contributed by atoms with Crippen LogP contribution in [0.4, 0.5) is 5.69 Å². The van der Waals surface area contributed by atoms with Crippen LogP contribution in [0.5, 0.6) is 0 Å². The summed E-state index contributed by atoms with van der Waals surface area (Å²) in [6, 6.07) is 10.4. The van der Waals surface area contributed by atoms with E-state index in [1.165, 1.54) is 15.6 Å². The van der Waals surface area contributed by atoms with Crippen molar-refractivity contribution in [2.24, 2.45) is 0 Å². The van der Waals surface area contributed by atoms with E-state index in [-0.39, 0.29) is 10.1 Å². The number of benzene rings is 1. The van der Waals surface area contributed by atoms with E-state index < -0.39 is 16.1 Å². The van der Waals surface area contributed by atoms with Crippen LogP contribution in [0, 0.1) is 0 Å². The molecule has 0 spiro atoms. The highest BCUT2D eigenvalue weighted by atomic mass is 32.2. The van der Waals surface area contributed by atoms with Gasteiger partial charge in [0.15, 0.2) is 0 Å². The first-order chi connectivity index (χ1) is 12.1. The molecule has 1 aromatic carbocycles. The van der Waals surface area contributed by atoms with Crippen LogP contribution in [0.2, 0.25) is 0 Å². The van der Waals surface area contributed by atoms with Crippen LogP contribution in [0.25, 0.3) is 10.1 Å². The third-order valence-corrected chi connectivity index (χ3v) is 8.46. The van der Waals surface area contributed by atoms with E-state index in [2.05, 4.69) is 5.32 Å². The molecule has 25 heavy (non-hydrogen) atoms. The molecule has 5 nitrogen and oxygen atoms in total. The number of rotatable bonds is 4. The second-order valence-corrected chi connectivity index (χ2v) is 9.88. The molecule has 1 aliphatic rings. The number of sulfonamides is 1. The normalized spacial score (nSPS) is 18.6. The molecule has 1 atom stereocenters. The Balaban J connectivity index is 1.56. The molecule has 3 heterocycles. The second kappa shape index (κ2) is 6.53. The number of fused-ring (bicyclic) bond motifs is 1. The zero-order valence-electron chi connectivity index (χ0n) is 13.2. The first-order valence-electron chi connectivity index (χ1n) is 7.89. The van der Waals surface area contributed by atoms with E-state index in [1.54, 1.807) is 28.8 Å². The van der Waals surface area contributed by atoms with E-state index in [1.807, 2.05) is 29.6 Å². The highest BCUT2D eigenvalue weighted by Crippen LogP contribution is 2.30. The van der Waals surface area contributed by atoms with Crippen molar-refractivity contribution in [2.45, 2.75) is 23.1 Å². The van der Waals surface area contributed by atoms with Crippen molar-refractivity contribution >= 4 is 54.4 Å². The smallest absolute Gasteiger partial charge is 0.253 e. The largest absolute Gasteiger partial charge is 0.325 e. The molecule has 1 fully saturated rings. The molecule has 1 saturated heterocycles. The maximum absolute atomic E-state index is 12.8. The Morgan fingerprint density at radius 3 is 2.84 bits per heavy atom. The van der Waals surface area contributed by atoms with E-state index in [0.29, 0.717) is 25.1 Å². The van der Waals surface area contributed by atoms with Gasteiger partial charge in [0.05, 0.1) is 0 Å². The van der Waals surface area contributed by atoms with Crippen LogP contribution in [-0.4, -0.2) is 31.2 Å². The van der Waals surface area contributed by atoms with E-state index in [0.717, 1.165) is 10.1 Å². The number of amides is 1. The fourth-order valence-electron chi connectivity index (χ4n) is 3.09. The third kappa shape index (κ3) is 3.10. The van der Waals surface area contributed by atoms with Gasteiger partial charge in [-0.2, -0.15) is 4.31 Å². The fraction of sp³-hybridized carbons (Fsp3) is 0.235. The summed E-state index contributed by atoms with van der Waals surface area (Å²) in [5, 5.41) is 7.68. The molecular formula is C17H16N2O3S3. The molecule has 0 saturated carbocycles. The van der Waals surface area contributed by atoms with Gasteiger partial charge in [-0.05, 0) is 59.3 Å². The van der Waals surface area contributed by atoms with Crippen LogP contribution >= 0.6 is 22.7 Å². The Kier molecular flexibility index (Phi) is 4.36. The standard InChI is InChI=1S/C17H16N2O3S3/c20-17(18-13-5-6-15-12(11-13)7-10-23-15)14-3-1-8-19(14)25(21,22)16-4-2-9-24-16/h2,4-7,9-11,14H,1,3,8H2,(H,18,20)/t14-/m1/s1. The van der Waals surface area contributed by atoms with Crippen molar-refractivity contribution in [1.29, 1.82) is 0 Å². The van der Waals surface area contributed by atoms with Crippen LogP contribution < -0.4 is 5.32 Å². The van der Waals surface area contributed by atoms with Crippen molar-refractivity contribution < 1.29 is 13.2 Å². The van der Waals surface area contributed by atoms with Crippen molar-refractivity contribution in [2.75, 3.05) is 11.9 Å². The van der Waals surface area contributed by atoms with Gasteiger partial charge in [-0.1, -0.05) is 6.07 Å². The molecule has 1 aliphatic heterocycles. The number of nitrogens with zero attached hydrogens (tertiary/aromatic N) is 1. The number of anilines is 1. The lowest BCUT2D eigenvalue weighted by Gasteiger charge is -2.22. The molecule has 0 unspecified atom stereocenters. The Morgan fingerprint density at radius 2 is 2.04 bits per heavy atom. The van der Waals surface area contributed by atoms with Gasteiger partial charge < -0.3 is 5.32 Å². The van der Waals surface area contributed by atoms with E-state index >= 15 is 0 Å². The summed E-state index contributed by atoms with van der Waals surface area (Å²) in [7, 11) is -3.61. The third-order valence-electron chi connectivity index (χ3n) is 4.28. The Bertz CT molecular complexity index is 1010. The maximum atomic E-state index is 12.8. The predicted octanol–water partition coefficient (Wildman–Crippen LogP) is 3.75. The predicted molar refractivity (Wildman–Crippen MR) is 102 cm³/mol. The zero-order chi connectivity index (χ0) is 17.4. The lowest BCUT2D eigenvalue weighted by molar-refractivity contribution is -0.119. The van der Waals surface area contributed by atoms with Crippen LogP contribution in [0.3, 0.4) is 0 Å². The molecule has 8 heteroatoms. The summed E-state index contributed by atoms with van der Waals surface area (Å²) in [4.78, 5) is 12.7. The second-order valence-electron chi connectivity index (χ2n) is 5.87. The quantitative estimate of drug-likeness (QED) is 0.735. The highest BCUT2D eigenvalue weighted by molar-refractivity contribution is 7.91. The van der Waals surface area contributed by atoms with E-state index in [4.69, 9.17) is 0 Å². The molecule has 1 amide bonds. The van der Waals surface area contributed by atoms with Gasteiger partial charge in [-0.25, -0.2) is 8.42 Å². The molecular weight excluding hydrogens is 376 g/mol. The molecule has 2 aromatic heterocycles. The first-order valence-corrected chi connectivity index (χ1v) is 11.1. The lowest BCUT2D eigenvalue weighted by atomic mass is 10.2. The van der Waals surface area contributed by atoms with E-state index in [9.17, 15) is 13.2 Å². The summed E-state index contributed by atoms with van der Waals surface area (Å²) in [5.74, 6) is -0.271. The Hall–Kier alpha value is -1.74. The molecule has 1 N–H and O–H groups in total. The van der Waals surface area contributed by atoms with Crippen LogP contribution in [0.15, 0.2) is 51.4 Å². The molecule has 130 valence electrons. The summed E-state index contributed by atoms with van der Waals surface area (Å²) in [6.45, 7) is 0.377. The highest BCUT2D eigenvalue weighted by Gasteiger charge is 2.39. The monoisotopic (exact) mass is 392 g/mol. The van der Waals surface area contributed by atoms with Crippen LogP contribution in [-0.2, 0) is 14.8 Å². The van der Waals surface area contributed by atoms with Gasteiger partial charge in [-0.15, -0.1) is 22.7 Å². The van der Waals surface area contributed by atoms with Crippen molar-refractivity contribution in [3.05, 3.63) is 47.2 Å². The molecule has 0 radical (unpaired) electrons. The van der Waals surface area contributed by atoms with Gasteiger partial charge >= 0.3 is 0 Å². The minimum Gasteiger partial charge on any atom is -0.325 e. The van der Waals surface area contributed by atoms with Gasteiger partial charge in [0.2, 0.25) is 5.91 Å². The number of hydrogen-bond donors (Lipinski definition) is 1. The average Bonchev–Trinajstić information content (AvgIpc) is 3.33. The minimum atomic E-state index is -3.61. The molecule has 4 rings (SSSR count). The molecule has 3 aromatic rings. The molecule has 0 bridgehead atoms. The number of carbonyl (C=O) groups excluding carboxylic acids is 1. The van der Waals surface area contributed by atoms with Crippen molar-refractivity contribution in [3.8, 4) is 0 Å². The summed E-state index contributed by atoms with van der Waals surface area (Å²) in [5.41, 5.74) is 0.691. The minimum absolute atomic E-state index is 0.271. The van der Waals surface area contributed by atoms with Gasteiger partial charge in [0.25, 0.3) is 10.0 Å². The van der Waals surface area contributed by atoms with Crippen molar-refractivity contribution in [1.82, 2.24) is 4.31 Å². The Labute approximate surface area is 154 Å². The van der Waals surface area contributed by atoms with Gasteiger partial charge in [0, 0.05) is 16.9 Å². The van der Waals surface area contributed by atoms with Crippen molar-refractivity contribution in [3.63, 3.8) is 0 Å². The maximum Gasteiger partial charge on any atom is 0.253 e. The summed E-state index contributed by atoms with van der Waals surface area (Å²) < 4.78 is 28.3.